The van der Waals surface area contributed by atoms with E-state index in [9.17, 15) is 0 Å². The minimum absolute atomic E-state index is 0.731. The van der Waals surface area contributed by atoms with Crippen molar-refractivity contribution in [2.45, 2.75) is 71.0 Å². The molecular weight excluding hydrogens is 252 g/mol. The Bertz CT molecular complexity index is 300. The third-order valence-electron chi connectivity index (χ3n) is 4.41. The van der Waals surface area contributed by atoms with E-state index < -0.39 is 8.32 Å². The largest absolute Gasteiger partial charge is 0.520 e. The second-order valence-electron chi connectivity index (χ2n) is 7.12. The molecule has 0 saturated heterocycles. The van der Waals surface area contributed by atoms with Crippen molar-refractivity contribution in [1.82, 2.24) is 0 Å². The van der Waals surface area contributed by atoms with Gasteiger partial charge in [0.2, 0.25) is 8.32 Å². The van der Waals surface area contributed by atoms with E-state index in [1.165, 1.54) is 51.4 Å². The first-order chi connectivity index (χ1) is 9.01. The molecule has 2 aliphatic rings. The van der Waals surface area contributed by atoms with E-state index in [2.05, 4.69) is 19.6 Å². The molecule has 19 heavy (non-hydrogen) atoms. The third-order valence-corrected chi connectivity index (χ3v) is 5.21. The van der Waals surface area contributed by atoms with Crippen molar-refractivity contribution < 1.29 is 9.16 Å². The summed E-state index contributed by atoms with van der Waals surface area (Å²) < 4.78 is 12.0. The molecule has 2 saturated carbocycles. The van der Waals surface area contributed by atoms with E-state index in [0.29, 0.717) is 0 Å². The topological polar surface area (TPSA) is 18.5 Å². The highest BCUT2D eigenvalue weighted by atomic mass is 28.4. The van der Waals surface area contributed by atoms with Gasteiger partial charge in [0.15, 0.2) is 0 Å². The Hall–Kier alpha value is -0.443. The molecule has 2 rings (SSSR count). The summed E-state index contributed by atoms with van der Waals surface area (Å²) in [5.41, 5.74) is 1.54. The lowest BCUT2D eigenvalue weighted by Crippen LogP contribution is -2.27. The van der Waals surface area contributed by atoms with Gasteiger partial charge in [-0.25, -0.2) is 0 Å². The average Bonchev–Trinajstić information content (AvgIpc) is 2.98. The average molecular weight is 282 g/mol. The molecule has 0 aromatic rings. The summed E-state index contributed by atoms with van der Waals surface area (Å²) in [5, 5.41) is 0. The van der Waals surface area contributed by atoms with Crippen molar-refractivity contribution in [3.05, 3.63) is 11.5 Å². The van der Waals surface area contributed by atoms with Crippen LogP contribution in [0.2, 0.25) is 19.6 Å². The molecule has 0 amide bonds. The molecule has 0 bridgehead atoms. The maximum atomic E-state index is 6.27. The van der Waals surface area contributed by atoms with Crippen molar-refractivity contribution in [1.29, 1.82) is 0 Å². The lowest BCUT2D eigenvalue weighted by Gasteiger charge is -2.28. The van der Waals surface area contributed by atoms with Gasteiger partial charge in [0.25, 0.3) is 5.95 Å². The summed E-state index contributed by atoms with van der Waals surface area (Å²) >= 11 is 0. The van der Waals surface area contributed by atoms with Gasteiger partial charge in [-0.1, -0.05) is 25.7 Å². The fourth-order valence-electron chi connectivity index (χ4n) is 3.64. The van der Waals surface area contributed by atoms with E-state index in [4.69, 9.17) is 9.16 Å². The number of hydrogen-bond donors (Lipinski definition) is 0. The molecule has 2 aliphatic carbocycles. The van der Waals surface area contributed by atoms with Crippen LogP contribution in [0.4, 0.5) is 0 Å². The summed E-state index contributed by atoms with van der Waals surface area (Å²) in [7, 11) is 0.202. The molecular formula is C16H30O2Si. The molecule has 0 N–H and O–H groups in total. The fourth-order valence-corrected chi connectivity index (χ4v) is 4.39. The zero-order valence-electron chi connectivity index (χ0n) is 13.1. The lowest BCUT2D eigenvalue weighted by atomic mass is 9.86. The summed E-state index contributed by atoms with van der Waals surface area (Å²) in [5.74, 6) is 2.36. The molecule has 0 aliphatic heterocycles. The van der Waals surface area contributed by atoms with Gasteiger partial charge in [0, 0.05) is 5.57 Å². The van der Waals surface area contributed by atoms with Crippen molar-refractivity contribution in [2.75, 3.05) is 7.11 Å². The second kappa shape index (κ2) is 6.34. The quantitative estimate of drug-likeness (QED) is 0.517. The Kier molecular flexibility index (Phi) is 4.99. The van der Waals surface area contributed by atoms with E-state index in [-0.39, 0.29) is 0 Å². The van der Waals surface area contributed by atoms with Gasteiger partial charge in [-0.15, -0.1) is 0 Å². The summed E-state index contributed by atoms with van der Waals surface area (Å²) in [6.07, 6.45) is 10.9. The normalized spacial score (nSPS) is 21.7. The molecule has 0 heterocycles. The Balaban J connectivity index is 2.25. The first-order valence-corrected chi connectivity index (χ1v) is 11.4. The fraction of sp³-hybridized carbons (Fsp3) is 0.875. The minimum Gasteiger partial charge on any atom is -0.520 e. The van der Waals surface area contributed by atoms with Crippen molar-refractivity contribution >= 4 is 8.32 Å². The van der Waals surface area contributed by atoms with Gasteiger partial charge in [-0.3, -0.25) is 0 Å². The van der Waals surface area contributed by atoms with Crippen LogP contribution < -0.4 is 0 Å². The maximum Gasteiger partial charge on any atom is 0.264 e. The van der Waals surface area contributed by atoms with E-state index in [0.717, 1.165) is 17.8 Å². The number of methoxy groups -OCH3 is 1. The van der Waals surface area contributed by atoms with Gasteiger partial charge in [-0.05, 0) is 57.2 Å². The highest BCUT2D eigenvalue weighted by Crippen LogP contribution is 2.43. The standard InChI is InChI=1S/C16H30O2Si/c1-17-16(18-19(2,3)4)15(13-9-5-6-10-13)14-11-7-8-12-14/h13-14H,5-12H2,1-4H3. The molecule has 0 spiro atoms. The Morgan fingerprint density at radius 3 is 1.58 bits per heavy atom. The molecule has 0 aromatic carbocycles. The van der Waals surface area contributed by atoms with E-state index in [1.54, 1.807) is 12.7 Å². The van der Waals surface area contributed by atoms with Gasteiger partial charge < -0.3 is 9.16 Å². The zero-order valence-corrected chi connectivity index (χ0v) is 14.1. The van der Waals surface area contributed by atoms with E-state index in [1.807, 2.05) is 0 Å². The van der Waals surface area contributed by atoms with Crippen LogP contribution in [-0.4, -0.2) is 15.4 Å². The van der Waals surface area contributed by atoms with Crippen molar-refractivity contribution in [3.8, 4) is 0 Å². The van der Waals surface area contributed by atoms with Gasteiger partial charge in [-0.2, -0.15) is 0 Å². The van der Waals surface area contributed by atoms with Crippen LogP contribution in [0.5, 0.6) is 0 Å². The van der Waals surface area contributed by atoms with Crippen molar-refractivity contribution in [2.24, 2.45) is 11.8 Å². The molecule has 0 unspecified atom stereocenters. The summed E-state index contributed by atoms with van der Waals surface area (Å²) in [6.45, 7) is 6.73. The molecule has 0 radical (unpaired) electrons. The second-order valence-corrected chi connectivity index (χ2v) is 11.6. The smallest absolute Gasteiger partial charge is 0.264 e. The predicted octanol–water partition coefficient (Wildman–Crippen LogP) is 5.08. The molecule has 2 fully saturated rings. The molecule has 0 aromatic heterocycles. The SMILES string of the molecule is COC(O[Si](C)(C)C)=C(C1CCCC1)C1CCCC1. The number of rotatable bonds is 5. The minimum atomic E-state index is -1.59. The highest BCUT2D eigenvalue weighted by molar-refractivity contribution is 6.70. The number of allylic oxidation sites excluding steroid dienone is 1. The molecule has 2 nitrogen and oxygen atoms in total. The molecule has 3 heteroatoms. The van der Waals surface area contributed by atoms with E-state index >= 15 is 0 Å². The van der Waals surface area contributed by atoms with Crippen LogP contribution in [0, 0.1) is 11.8 Å². The van der Waals surface area contributed by atoms with Crippen LogP contribution >= 0.6 is 0 Å². The first kappa shape index (κ1) is 15.0. The molecule has 110 valence electrons. The number of ether oxygens (including phenoxy) is 1. The van der Waals surface area contributed by atoms with Crippen LogP contribution in [0.3, 0.4) is 0 Å². The number of hydrogen-bond acceptors (Lipinski definition) is 2. The van der Waals surface area contributed by atoms with Gasteiger partial charge >= 0.3 is 0 Å². The van der Waals surface area contributed by atoms with Crippen LogP contribution in [0.25, 0.3) is 0 Å². The lowest BCUT2D eigenvalue weighted by molar-refractivity contribution is 0.132. The zero-order chi connectivity index (χ0) is 13.9. The van der Waals surface area contributed by atoms with Crippen LogP contribution in [-0.2, 0) is 9.16 Å². The first-order valence-electron chi connectivity index (χ1n) is 7.98. The Morgan fingerprint density at radius 2 is 1.26 bits per heavy atom. The van der Waals surface area contributed by atoms with Gasteiger partial charge in [0.1, 0.15) is 0 Å². The van der Waals surface area contributed by atoms with Gasteiger partial charge in [0.05, 0.1) is 7.11 Å². The molecule has 0 atom stereocenters. The highest BCUT2D eigenvalue weighted by Gasteiger charge is 2.33. The van der Waals surface area contributed by atoms with Crippen molar-refractivity contribution in [3.63, 3.8) is 0 Å². The predicted molar refractivity (Wildman–Crippen MR) is 82.4 cm³/mol. The third kappa shape index (κ3) is 4.01. The van der Waals surface area contributed by atoms with Crippen LogP contribution in [0.1, 0.15) is 51.4 Å². The van der Waals surface area contributed by atoms with Crippen LogP contribution in [0.15, 0.2) is 11.5 Å². The Labute approximate surface area is 119 Å². The maximum absolute atomic E-state index is 6.27. The monoisotopic (exact) mass is 282 g/mol. The summed E-state index contributed by atoms with van der Waals surface area (Å²) in [6, 6.07) is 0. The summed E-state index contributed by atoms with van der Waals surface area (Å²) in [4.78, 5) is 0. The Morgan fingerprint density at radius 1 is 0.842 bits per heavy atom.